The van der Waals surface area contributed by atoms with Gasteiger partial charge in [-0.05, 0) is 52.6 Å². The molecule has 0 aliphatic heterocycles. The molecule has 0 fully saturated rings. The highest BCUT2D eigenvalue weighted by Crippen LogP contribution is 2.30. The first-order valence-corrected chi connectivity index (χ1v) is 6.38. The van der Waals surface area contributed by atoms with Crippen molar-refractivity contribution in [2.75, 3.05) is 0 Å². The van der Waals surface area contributed by atoms with Crippen molar-refractivity contribution in [3.05, 3.63) is 78.6 Å². The highest BCUT2D eigenvalue weighted by molar-refractivity contribution is 5.75. The standard InChI is InChI=1S/C18H13FO/c19-17-8-6-14(7-9-17)16-10-15(11-18(20)12-16)13-4-2-1-3-5-13/h1-12,20H. The number of aromatic hydroxyl groups is 1. The fraction of sp³-hybridized carbons (Fsp3) is 0. The van der Waals surface area contributed by atoms with Crippen LogP contribution in [-0.2, 0) is 0 Å². The van der Waals surface area contributed by atoms with Crippen molar-refractivity contribution < 1.29 is 9.50 Å². The smallest absolute Gasteiger partial charge is 0.123 e. The summed E-state index contributed by atoms with van der Waals surface area (Å²) in [6.45, 7) is 0. The summed E-state index contributed by atoms with van der Waals surface area (Å²) >= 11 is 0. The van der Waals surface area contributed by atoms with E-state index < -0.39 is 0 Å². The molecule has 0 saturated carbocycles. The van der Waals surface area contributed by atoms with Gasteiger partial charge in [-0.3, -0.25) is 0 Å². The van der Waals surface area contributed by atoms with Crippen molar-refractivity contribution in [3.63, 3.8) is 0 Å². The molecular weight excluding hydrogens is 251 g/mol. The molecule has 20 heavy (non-hydrogen) atoms. The average molecular weight is 264 g/mol. The molecule has 0 aromatic heterocycles. The number of benzene rings is 3. The molecule has 0 atom stereocenters. The molecule has 0 saturated heterocycles. The molecule has 0 unspecified atom stereocenters. The fourth-order valence-corrected chi connectivity index (χ4v) is 2.22. The second-order valence-electron chi connectivity index (χ2n) is 4.64. The Balaban J connectivity index is 2.09. The summed E-state index contributed by atoms with van der Waals surface area (Å²) in [5.41, 5.74) is 3.71. The minimum atomic E-state index is -0.266. The molecule has 0 radical (unpaired) electrons. The first-order chi connectivity index (χ1) is 9.72. The van der Waals surface area contributed by atoms with E-state index in [1.807, 2.05) is 36.4 Å². The average Bonchev–Trinajstić information content (AvgIpc) is 2.48. The van der Waals surface area contributed by atoms with Gasteiger partial charge in [0.1, 0.15) is 11.6 Å². The van der Waals surface area contributed by atoms with Crippen LogP contribution in [0.5, 0.6) is 5.75 Å². The Hall–Kier alpha value is -2.61. The van der Waals surface area contributed by atoms with Crippen LogP contribution in [0.1, 0.15) is 0 Å². The van der Waals surface area contributed by atoms with Gasteiger partial charge in [-0.25, -0.2) is 4.39 Å². The number of rotatable bonds is 2. The van der Waals surface area contributed by atoms with Gasteiger partial charge < -0.3 is 5.11 Å². The summed E-state index contributed by atoms with van der Waals surface area (Å²) < 4.78 is 13.0. The molecule has 0 amide bonds. The molecule has 0 bridgehead atoms. The SMILES string of the molecule is Oc1cc(-c2ccccc2)cc(-c2ccc(F)cc2)c1. The van der Waals surface area contributed by atoms with Gasteiger partial charge in [0.2, 0.25) is 0 Å². The monoisotopic (exact) mass is 264 g/mol. The van der Waals surface area contributed by atoms with Crippen molar-refractivity contribution in [3.8, 4) is 28.0 Å². The molecule has 1 nitrogen and oxygen atoms in total. The molecule has 3 aromatic carbocycles. The summed E-state index contributed by atoms with van der Waals surface area (Å²) in [5, 5.41) is 9.90. The van der Waals surface area contributed by atoms with Crippen LogP contribution in [0.4, 0.5) is 4.39 Å². The van der Waals surface area contributed by atoms with E-state index in [1.165, 1.54) is 12.1 Å². The number of phenolic OH excluding ortho intramolecular Hbond substituents is 1. The molecular formula is C18H13FO. The fourth-order valence-electron chi connectivity index (χ4n) is 2.22. The molecule has 3 rings (SSSR count). The van der Waals surface area contributed by atoms with Gasteiger partial charge >= 0.3 is 0 Å². The van der Waals surface area contributed by atoms with Gasteiger partial charge in [-0.2, -0.15) is 0 Å². The summed E-state index contributed by atoms with van der Waals surface area (Å²) in [4.78, 5) is 0. The second kappa shape index (κ2) is 5.17. The van der Waals surface area contributed by atoms with Gasteiger partial charge in [0.15, 0.2) is 0 Å². The Morgan fingerprint density at radius 2 is 1.15 bits per heavy atom. The van der Waals surface area contributed by atoms with Crippen LogP contribution in [0.15, 0.2) is 72.8 Å². The Kier molecular flexibility index (Phi) is 3.21. The van der Waals surface area contributed by atoms with Gasteiger partial charge in [-0.1, -0.05) is 42.5 Å². The number of hydrogen-bond acceptors (Lipinski definition) is 1. The summed E-state index contributed by atoms with van der Waals surface area (Å²) in [5.74, 6) is -0.0668. The zero-order chi connectivity index (χ0) is 13.9. The molecule has 3 aromatic rings. The normalized spacial score (nSPS) is 10.4. The largest absolute Gasteiger partial charge is 0.508 e. The lowest BCUT2D eigenvalue weighted by molar-refractivity contribution is 0.476. The van der Waals surface area contributed by atoms with Crippen LogP contribution in [-0.4, -0.2) is 5.11 Å². The van der Waals surface area contributed by atoms with Crippen LogP contribution < -0.4 is 0 Å². The molecule has 2 heteroatoms. The molecule has 0 aliphatic carbocycles. The van der Waals surface area contributed by atoms with Crippen LogP contribution >= 0.6 is 0 Å². The Morgan fingerprint density at radius 1 is 0.600 bits per heavy atom. The van der Waals surface area contributed by atoms with E-state index in [-0.39, 0.29) is 11.6 Å². The number of halogens is 1. The van der Waals surface area contributed by atoms with Crippen molar-refractivity contribution >= 4 is 0 Å². The third-order valence-corrected chi connectivity index (χ3v) is 3.20. The van der Waals surface area contributed by atoms with Crippen LogP contribution in [0.3, 0.4) is 0 Å². The van der Waals surface area contributed by atoms with E-state index in [2.05, 4.69) is 0 Å². The van der Waals surface area contributed by atoms with Gasteiger partial charge in [0, 0.05) is 0 Å². The quantitative estimate of drug-likeness (QED) is 0.700. The second-order valence-corrected chi connectivity index (χ2v) is 4.64. The molecule has 1 N–H and O–H groups in total. The van der Waals surface area contributed by atoms with E-state index in [1.54, 1.807) is 24.3 Å². The van der Waals surface area contributed by atoms with Crippen molar-refractivity contribution in [1.82, 2.24) is 0 Å². The van der Waals surface area contributed by atoms with Crippen molar-refractivity contribution in [1.29, 1.82) is 0 Å². The lowest BCUT2D eigenvalue weighted by atomic mass is 9.98. The van der Waals surface area contributed by atoms with Gasteiger partial charge in [-0.15, -0.1) is 0 Å². The maximum Gasteiger partial charge on any atom is 0.123 e. The zero-order valence-corrected chi connectivity index (χ0v) is 10.8. The third kappa shape index (κ3) is 2.54. The highest BCUT2D eigenvalue weighted by Gasteiger charge is 2.05. The Bertz CT molecular complexity index is 718. The van der Waals surface area contributed by atoms with E-state index in [0.717, 1.165) is 22.3 Å². The topological polar surface area (TPSA) is 20.2 Å². The minimum Gasteiger partial charge on any atom is -0.508 e. The lowest BCUT2D eigenvalue weighted by Crippen LogP contribution is -1.83. The van der Waals surface area contributed by atoms with Gasteiger partial charge in [0.05, 0.1) is 0 Å². The Labute approximate surface area is 117 Å². The molecule has 98 valence electrons. The van der Waals surface area contributed by atoms with Gasteiger partial charge in [0.25, 0.3) is 0 Å². The summed E-state index contributed by atoms with van der Waals surface area (Å²) in [6, 6.07) is 21.5. The van der Waals surface area contributed by atoms with Crippen LogP contribution in [0.2, 0.25) is 0 Å². The molecule has 0 spiro atoms. The lowest BCUT2D eigenvalue weighted by Gasteiger charge is -2.07. The maximum absolute atomic E-state index is 13.0. The van der Waals surface area contributed by atoms with Crippen molar-refractivity contribution in [2.45, 2.75) is 0 Å². The first kappa shape index (κ1) is 12.4. The van der Waals surface area contributed by atoms with E-state index in [9.17, 15) is 9.50 Å². The Morgan fingerprint density at radius 3 is 1.75 bits per heavy atom. The molecule has 0 heterocycles. The highest BCUT2D eigenvalue weighted by atomic mass is 19.1. The minimum absolute atomic E-state index is 0.200. The predicted molar refractivity (Wildman–Crippen MR) is 78.9 cm³/mol. The first-order valence-electron chi connectivity index (χ1n) is 6.38. The summed E-state index contributed by atoms with van der Waals surface area (Å²) in [7, 11) is 0. The van der Waals surface area contributed by atoms with Crippen LogP contribution in [0.25, 0.3) is 22.3 Å². The van der Waals surface area contributed by atoms with Crippen LogP contribution in [0, 0.1) is 5.82 Å². The predicted octanol–water partition coefficient (Wildman–Crippen LogP) is 4.87. The zero-order valence-electron chi connectivity index (χ0n) is 10.8. The molecule has 0 aliphatic rings. The van der Waals surface area contributed by atoms with Crippen molar-refractivity contribution in [2.24, 2.45) is 0 Å². The number of phenols is 1. The third-order valence-electron chi connectivity index (χ3n) is 3.20. The van der Waals surface area contributed by atoms with E-state index in [4.69, 9.17) is 0 Å². The summed E-state index contributed by atoms with van der Waals surface area (Å²) in [6.07, 6.45) is 0. The maximum atomic E-state index is 13.0. The van der Waals surface area contributed by atoms with E-state index in [0.29, 0.717) is 0 Å². The number of hydrogen-bond donors (Lipinski definition) is 1. The van der Waals surface area contributed by atoms with E-state index >= 15 is 0 Å².